The van der Waals surface area contributed by atoms with Gasteiger partial charge in [-0.2, -0.15) is 0 Å². The Kier molecular flexibility index (Phi) is 4.01. The van der Waals surface area contributed by atoms with Crippen LogP contribution in [0.1, 0.15) is 38.1 Å². The Labute approximate surface area is 123 Å². The molecule has 1 fully saturated rings. The molecule has 1 heterocycles. The molecule has 20 heavy (non-hydrogen) atoms. The molecule has 1 N–H and O–H groups in total. The van der Waals surface area contributed by atoms with Crippen molar-refractivity contribution in [2.45, 2.75) is 38.4 Å². The van der Waals surface area contributed by atoms with Gasteiger partial charge in [0.05, 0.1) is 6.10 Å². The fourth-order valence-corrected chi connectivity index (χ4v) is 3.05. The molecule has 1 atom stereocenters. The highest BCUT2D eigenvalue weighted by Gasteiger charge is 2.32. The van der Waals surface area contributed by atoms with Crippen molar-refractivity contribution in [3.63, 3.8) is 0 Å². The van der Waals surface area contributed by atoms with E-state index in [-0.39, 0.29) is 0 Å². The maximum absolute atomic E-state index is 10.3. The van der Waals surface area contributed by atoms with Crippen LogP contribution in [-0.2, 0) is 4.74 Å². The fourth-order valence-electron chi connectivity index (χ4n) is 2.87. The van der Waals surface area contributed by atoms with Gasteiger partial charge in [-0.25, -0.2) is 0 Å². The van der Waals surface area contributed by atoms with Crippen LogP contribution >= 0.6 is 11.6 Å². The summed E-state index contributed by atoms with van der Waals surface area (Å²) in [5.41, 5.74) is 0.768. The highest BCUT2D eigenvalue weighted by Crippen LogP contribution is 2.38. The van der Waals surface area contributed by atoms with Gasteiger partial charge >= 0.3 is 0 Å². The quantitative estimate of drug-likeness (QED) is 0.893. The lowest BCUT2D eigenvalue weighted by atomic mass is 9.78. The zero-order chi connectivity index (χ0) is 14.1. The van der Waals surface area contributed by atoms with Gasteiger partial charge in [-0.05, 0) is 56.4 Å². The number of hydrogen-bond acceptors (Lipinski definition) is 3. The number of fused-ring (bicyclic) bond motifs is 1. The third kappa shape index (κ3) is 2.85. The van der Waals surface area contributed by atoms with E-state index in [2.05, 4.69) is 0 Å². The van der Waals surface area contributed by atoms with Crippen LogP contribution < -0.4 is 0 Å². The first kappa shape index (κ1) is 13.9. The highest BCUT2D eigenvalue weighted by atomic mass is 35.5. The molecule has 0 saturated heterocycles. The van der Waals surface area contributed by atoms with Crippen LogP contribution in [-0.4, -0.2) is 17.8 Å². The molecule has 2 aromatic rings. The minimum atomic E-state index is -0.547. The monoisotopic (exact) mass is 294 g/mol. The summed E-state index contributed by atoms with van der Waals surface area (Å²) in [5.74, 6) is 1.15. The minimum Gasteiger partial charge on any atom is -0.458 e. The highest BCUT2D eigenvalue weighted by molar-refractivity contribution is 6.31. The van der Waals surface area contributed by atoms with Crippen LogP contribution in [0.3, 0.4) is 0 Å². The van der Waals surface area contributed by atoms with E-state index in [1.165, 1.54) is 0 Å². The van der Waals surface area contributed by atoms with Crippen LogP contribution in [0, 0.1) is 5.92 Å². The molecule has 0 aliphatic heterocycles. The second-order valence-electron chi connectivity index (χ2n) is 5.50. The maximum Gasteiger partial charge on any atom is 0.134 e. The van der Waals surface area contributed by atoms with Crippen molar-refractivity contribution < 1.29 is 14.3 Å². The first-order valence-electron chi connectivity index (χ1n) is 7.14. The van der Waals surface area contributed by atoms with Crippen molar-refractivity contribution in [1.82, 2.24) is 0 Å². The number of aliphatic hydroxyl groups excluding tert-OH is 1. The van der Waals surface area contributed by atoms with Crippen LogP contribution in [0.25, 0.3) is 11.0 Å². The van der Waals surface area contributed by atoms with Crippen molar-refractivity contribution in [2.24, 2.45) is 5.92 Å². The van der Waals surface area contributed by atoms with E-state index < -0.39 is 6.10 Å². The SMILES string of the molecule is CCOC1CC(CC(O)c2cc3cc(Cl)ccc3o2)C1. The van der Waals surface area contributed by atoms with Gasteiger partial charge in [0.15, 0.2) is 0 Å². The third-order valence-electron chi connectivity index (χ3n) is 3.98. The molecule has 1 aromatic heterocycles. The first-order chi connectivity index (χ1) is 9.65. The lowest BCUT2D eigenvalue weighted by molar-refractivity contribution is -0.0396. The Morgan fingerprint density at radius 2 is 2.20 bits per heavy atom. The Bertz CT molecular complexity index is 586. The first-order valence-corrected chi connectivity index (χ1v) is 7.52. The molecule has 4 heteroatoms. The molecule has 108 valence electrons. The van der Waals surface area contributed by atoms with Crippen molar-refractivity contribution in [3.8, 4) is 0 Å². The minimum absolute atomic E-state index is 0.381. The molecule has 3 rings (SSSR count). The molecule has 0 amide bonds. The van der Waals surface area contributed by atoms with Crippen LogP contribution in [0.15, 0.2) is 28.7 Å². The fraction of sp³-hybridized carbons (Fsp3) is 0.500. The van der Waals surface area contributed by atoms with E-state index in [9.17, 15) is 5.11 Å². The maximum atomic E-state index is 10.3. The van der Waals surface area contributed by atoms with Gasteiger partial charge < -0.3 is 14.3 Å². The molecule has 3 nitrogen and oxygen atoms in total. The predicted octanol–water partition coefficient (Wildman–Crippen LogP) is 4.32. The van der Waals surface area contributed by atoms with Crippen molar-refractivity contribution in [2.75, 3.05) is 6.61 Å². The average Bonchev–Trinajstić information content (AvgIpc) is 2.79. The predicted molar refractivity (Wildman–Crippen MR) is 78.9 cm³/mol. The summed E-state index contributed by atoms with van der Waals surface area (Å²) in [7, 11) is 0. The van der Waals surface area contributed by atoms with Gasteiger partial charge in [-0.1, -0.05) is 11.6 Å². The Balaban J connectivity index is 1.63. The molecule has 1 aromatic carbocycles. The van der Waals surface area contributed by atoms with E-state index in [1.54, 1.807) is 6.07 Å². The molecule has 1 aliphatic carbocycles. The number of hydrogen-bond donors (Lipinski definition) is 1. The molecule has 1 saturated carbocycles. The van der Waals surface area contributed by atoms with Crippen molar-refractivity contribution in [3.05, 3.63) is 35.0 Å². The van der Waals surface area contributed by atoms with Gasteiger partial charge in [0.2, 0.25) is 0 Å². The van der Waals surface area contributed by atoms with Gasteiger partial charge in [0.25, 0.3) is 0 Å². The molecule has 1 unspecified atom stereocenters. The van der Waals surface area contributed by atoms with Gasteiger partial charge in [-0.3, -0.25) is 0 Å². The Morgan fingerprint density at radius 1 is 1.40 bits per heavy atom. The summed E-state index contributed by atoms with van der Waals surface area (Å²) < 4.78 is 11.2. The van der Waals surface area contributed by atoms with E-state index in [4.69, 9.17) is 20.8 Å². The van der Waals surface area contributed by atoms with Crippen LogP contribution in [0.5, 0.6) is 0 Å². The summed E-state index contributed by atoms with van der Waals surface area (Å²) in [6, 6.07) is 7.36. The van der Waals surface area contributed by atoms with Crippen molar-refractivity contribution in [1.29, 1.82) is 0 Å². The van der Waals surface area contributed by atoms with E-state index in [0.717, 1.165) is 36.8 Å². The van der Waals surface area contributed by atoms with Gasteiger partial charge in [0, 0.05) is 17.0 Å². The molecule has 0 bridgehead atoms. The Morgan fingerprint density at radius 3 is 2.95 bits per heavy atom. The third-order valence-corrected chi connectivity index (χ3v) is 4.21. The molecular formula is C16H19ClO3. The zero-order valence-electron chi connectivity index (χ0n) is 11.5. The number of furan rings is 1. The zero-order valence-corrected chi connectivity index (χ0v) is 12.3. The smallest absolute Gasteiger partial charge is 0.134 e. The number of aliphatic hydroxyl groups is 1. The summed E-state index contributed by atoms with van der Waals surface area (Å²) in [5, 5.41) is 11.9. The lowest BCUT2D eigenvalue weighted by Gasteiger charge is -2.35. The van der Waals surface area contributed by atoms with Crippen molar-refractivity contribution >= 4 is 22.6 Å². The molecule has 0 radical (unpaired) electrons. The standard InChI is InChI=1S/C16H19ClO3/c1-2-19-13-5-10(6-13)7-14(18)16-9-11-8-12(17)3-4-15(11)20-16/h3-4,8-10,13-14,18H,2,5-7H2,1H3. The van der Waals surface area contributed by atoms with E-state index >= 15 is 0 Å². The largest absolute Gasteiger partial charge is 0.458 e. The van der Waals surface area contributed by atoms with Crippen LogP contribution in [0.4, 0.5) is 0 Å². The molecule has 0 spiro atoms. The van der Waals surface area contributed by atoms with Crippen LogP contribution in [0.2, 0.25) is 5.02 Å². The van der Waals surface area contributed by atoms with Gasteiger partial charge in [-0.15, -0.1) is 0 Å². The summed E-state index contributed by atoms with van der Waals surface area (Å²) in [6.07, 6.45) is 2.64. The molecular weight excluding hydrogens is 276 g/mol. The number of rotatable bonds is 5. The topological polar surface area (TPSA) is 42.6 Å². The van der Waals surface area contributed by atoms with E-state index in [1.807, 2.05) is 25.1 Å². The van der Waals surface area contributed by atoms with Gasteiger partial charge in [0.1, 0.15) is 17.4 Å². The summed E-state index contributed by atoms with van der Waals surface area (Å²) >= 11 is 5.95. The normalized spacial score (nSPS) is 23.8. The lowest BCUT2D eigenvalue weighted by Crippen LogP contribution is -2.32. The summed E-state index contributed by atoms with van der Waals surface area (Å²) in [4.78, 5) is 0. The average molecular weight is 295 g/mol. The Hall–Kier alpha value is -1.03. The number of ether oxygens (including phenoxy) is 1. The number of benzene rings is 1. The second kappa shape index (κ2) is 5.76. The number of halogens is 1. The summed E-state index contributed by atoms with van der Waals surface area (Å²) in [6.45, 7) is 2.78. The molecule has 1 aliphatic rings. The van der Waals surface area contributed by atoms with E-state index in [0.29, 0.717) is 22.8 Å². The second-order valence-corrected chi connectivity index (χ2v) is 5.93.